The fourth-order valence-electron chi connectivity index (χ4n) is 1.86. The number of sulfonamides is 1. The largest absolute Gasteiger partial charge is 0.497 e. The molecular weight excluding hydrogens is 308 g/mol. The van der Waals surface area contributed by atoms with Crippen molar-refractivity contribution in [3.63, 3.8) is 0 Å². The number of primary sulfonamides is 1. The lowest BCUT2D eigenvalue weighted by Gasteiger charge is -2.14. The summed E-state index contributed by atoms with van der Waals surface area (Å²) in [6.07, 6.45) is 0. The number of methoxy groups -OCH3 is 1. The van der Waals surface area contributed by atoms with Gasteiger partial charge in [0.15, 0.2) is 5.75 Å². The average molecular weight is 324 g/mol. The highest BCUT2D eigenvalue weighted by atomic mass is 32.2. The molecule has 118 valence electrons. The average Bonchev–Trinajstić information content (AvgIpc) is 2.48. The van der Waals surface area contributed by atoms with Gasteiger partial charge in [-0.3, -0.25) is 0 Å². The van der Waals surface area contributed by atoms with E-state index in [0.717, 1.165) is 0 Å². The van der Waals surface area contributed by atoms with Crippen LogP contribution in [0, 0.1) is 0 Å². The molecule has 0 aromatic heterocycles. The van der Waals surface area contributed by atoms with Gasteiger partial charge in [-0.05, 0) is 42.0 Å². The first-order chi connectivity index (χ1) is 10.3. The van der Waals surface area contributed by atoms with Gasteiger partial charge in [0.25, 0.3) is 0 Å². The predicted octanol–water partition coefficient (Wildman–Crippen LogP) is 1.21. The standard InChI is InChI=1S/C14H16N2O5S/c1-20-10-2-4-11(5-3-10)21-14-12(15)6-9(8-17)7-13(14)22(16,18)19/h2-7,17H,8,15H2,1H3,(H2,16,18,19). The van der Waals surface area contributed by atoms with Crippen LogP contribution in [0.3, 0.4) is 0 Å². The minimum absolute atomic E-state index is 0.0615. The fourth-order valence-corrected chi connectivity index (χ4v) is 2.59. The molecule has 22 heavy (non-hydrogen) atoms. The Morgan fingerprint density at radius 1 is 1.14 bits per heavy atom. The molecule has 0 aliphatic carbocycles. The monoisotopic (exact) mass is 324 g/mol. The lowest BCUT2D eigenvalue weighted by atomic mass is 10.2. The second kappa shape index (κ2) is 6.22. The summed E-state index contributed by atoms with van der Waals surface area (Å²) >= 11 is 0. The molecule has 0 saturated heterocycles. The van der Waals surface area contributed by atoms with Gasteiger partial charge in [0, 0.05) is 0 Å². The topological polar surface area (TPSA) is 125 Å². The van der Waals surface area contributed by atoms with Gasteiger partial charge in [-0.15, -0.1) is 0 Å². The highest BCUT2D eigenvalue weighted by Crippen LogP contribution is 2.35. The minimum Gasteiger partial charge on any atom is -0.497 e. The van der Waals surface area contributed by atoms with Crippen molar-refractivity contribution < 1.29 is 23.0 Å². The van der Waals surface area contributed by atoms with Crippen molar-refractivity contribution in [3.05, 3.63) is 42.0 Å². The maximum absolute atomic E-state index is 11.7. The molecule has 0 saturated carbocycles. The van der Waals surface area contributed by atoms with Gasteiger partial charge in [0.2, 0.25) is 10.0 Å². The number of benzene rings is 2. The molecule has 5 N–H and O–H groups in total. The van der Waals surface area contributed by atoms with Crippen LogP contribution in [0.5, 0.6) is 17.2 Å². The van der Waals surface area contributed by atoms with E-state index in [9.17, 15) is 8.42 Å². The van der Waals surface area contributed by atoms with E-state index in [1.54, 1.807) is 24.3 Å². The normalized spacial score (nSPS) is 11.2. The third kappa shape index (κ3) is 3.48. The molecule has 2 rings (SSSR count). The van der Waals surface area contributed by atoms with Crippen LogP contribution < -0.4 is 20.3 Å². The maximum Gasteiger partial charge on any atom is 0.241 e. The Morgan fingerprint density at radius 2 is 1.73 bits per heavy atom. The van der Waals surface area contributed by atoms with Crippen LogP contribution in [0.4, 0.5) is 5.69 Å². The molecule has 0 aliphatic rings. The summed E-state index contributed by atoms with van der Waals surface area (Å²) < 4.78 is 34.0. The molecule has 2 aromatic carbocycles. The van der Waals surface area contributed by atoms with Crippen molar-refractivity contribution in [1.82, 2.24) is 0 Å². The molecule has 0 bridgehead atoms. The van der Waals surface area contributed by atoms with Crippen LogP contribution in [0.15, 0.2) is 41.3 Å². The summed E-state index contributed by atoms with van der Waals surface area (Å²) in [4.78, 5) is -0.285. The number of ether oxygens (including phenoxy) is 2. The van der Waals surface area contributed by atoms with Crippen molar-refractivity contribution in [2.24, 2.45) is 5.14 Å². The zero-order valence-electron chi connectivity index (χ0n) is 11.8. The van der Waals surface area contributed by atoms with Gasteiger partial charge in [0.1, 0.15) is 16.4 Å². The molecule has 0 heterocycles. The third-order valence-electron chi connectivity index (χ3n) is 2.91. The zero-order chi connectivity index (χ0) is 16.3. The molecule has 8 heteroatoms. The molecule has 0 radical (unpaired) electrons. The summed E-state index contributed by atoms with van der Waals surface area (Å²) in [7, 11) is -2.53. The van der Waals surface area contributed by atoms with E-state index >= 15 is 0 Å². The fraction of sp³-hybridized carbons (Fsp3) is 0.143. The summed E-state index contributed by atoms with van der Waals surface area (Å²) in [5.74, 6) is 0.918. The number of aliphatic hydroxyl groups is 1. The first-order valence-electron chi connectivity index (χ1n) is 6.23. The van der Waals surface area contributed by atoms with E-state index < -0.39 is 10.0 Å². The first-order valence-corrected chi connectivity index (χ1v) is 7.77. The molecule has 0 fully saturated rings. The molecule has 0 atom stereocenters. The number of anilines is 1. The summed E-state index contributed by atoms with van der Waals surface area (Å²) in [5.41, 5.74) is 6.20. The zero-order valence-corrected chi connectivity index (χ0v) is 12.6. The number of nitrogen functional groups attached to an aromatic ring is 1. The Morgan fingerprint density at radius 3 is 2.23 bits per heavy atom. The predicted molar refractivity (Wildman–Crippen MR) is 81.2 cm³/mol. The maximum atomic E-state index is 11.7. The Labute approximate surface area is 128 Å². The first kappa shape index (κ1) is 16.1. The van der Waals surface area contributed by atoms with E-state index in [4.69, 9.17) is 25.5 Å². The molecular formula is C14H16N2O5S. The van der Waals surface area contributed by atoms with Crippen molar-refractivity contribution in [1.29, 1.82) is 0 Å². The van der Waals surface area contributed by atoms with E-state index in [1.165, 1.54) is 19.2 Å². The van der Waals surface area contributed by atoms with Crippen molar-refractivity contribution >= 4 is 15.7 Å². The SMILES string of the molecule is COc1ccc(Oc2c(N)cc(CO)cc2S(N)(=O)=O)cc1. The van der Waals surface area contributed by atoms with Gasteiger partial charge < -0.3 is 20.3 Å². The Hall–Kier alpha value is -2.29. The minimum atomic E-state index is -4.06. The highest BCUT2D eigenvalue weighted by molar-refractivity contribution is 7.89. The van der Waals surface area contributed by atoms with Crippen LogP contribution in [0.2, 0.25) is 0 Å². The summed E-state index contributed by atoms with van der Waals surface area (Å²) in [6, 6.07) is 9.17. The van der Waals surface area contributed by atoms with E-state index in [2.05, 4.69) is 0 Å². The number of hydrogen-bond donors (Lipinski definition) is 3. The second-order valence-electron chi connectivity index (χ2n) is 4.49. The van der Waals surface area contributed by atoms with E-state index in [1.807, 2.05) is 0 Å². The highest BCUT2D eigenvalue weighted by Gasteiger charge is 2.20. The van der Waals surface area contributed by atoms with Crippen LogP contribution in [-0.2, 0) is 16.6 Å². The van der Waals surface area contributed by atoms with Gasteiger partial charge >= 0.3 is 0 Å². The number of rotatable bonds is 5. The Kier molecular flexibility index (Phi) is 4.55. The third-order valence-corrected chi connectivity index (χ3v) is 3.83. The summed E-state index contributed by atoms with van der Waals surface area (Å²) in [5, 5.41) is 14.3. The lowest BCUT2D eigenvalue weighted by molar-refractivity contribution is 0.281. The van der Waals surface area contributed by atoms with Gasteiger partial charge in [-0.2, -0.15) is 0 Å². The van der Waals surface area contributed by atoms with E-state index in [-0.39, 0.29) is 22.9 Å². The molecule has 0 spiro atoms. The smallest absolute Gasteiger partial charge is 0.241 e. The molecule has 0 amide bonds. The van der Waals surface area contributed by atoms with Crippen LogP contribution in [0.1, 0.15) is 5.56 Å². The van der Waals surface area contributed by atoms with Crippen LogP contribution in [-0.4, -0.2) is 20.6 Å². The number of hydrogen-bond acceptors (Lipinski definition) is 6. The van der Waals surface area contributed by atoms with Crippen LogP contribution >= 0.6 is 0 Å². The van der Waals surface area contributed by atoms with Gasteiger partial charge in [0.05, 0.1) is 19.4 Å². The molecule has 0 aliphatic heterocycles. The second-order valence-corrected chi connectivity index (χ2v) is 6.02. The van der Waals surface area contributed by atoms with Crippen molar-refractivity contribution in [3.8, 4) is 17.2 Å². The van der Waals surface area contributed by atoms with E-state index in [0.29, 0.717) is 17.1 Å². The van der Waals surface area contributed by atoms with Gasteiger partial charge in [-0.25, -0.2) is 13.6 Å². The van der Waals surface area contributed by atoms with Crippen LogP contribution in [0.25, 0.3) is 0 Å². The summed E-state index contributed by atoms with van der Waals surface area (Å²) in [6.45, 7) is -0.366. The molecule has 2 aromatic rings. The van der Waals surface area contributed by atoms with Crippen molar-refractivity contribution in [2.45, 2.75) is 11.5 Å². The quantitative estimate of drug-likeness (QED) is 0.710. The van der Waals surface area contributed by atoms with Gasteiger partial charge in [-0.1, -0.05) is 0 Å². The Balaban J connectivity index is 2.49. The molecule has 7 nitrogen and oxygen atoms in total. The Bertz CT molecular complexity index is 773. The number of nitrogens with two attached hydrogens (primary N) is 2. The number of aliphatic hydroxyl groups excluding tert-OH is 1. The molecule has 0 unspecified atom stereocenters. The lowest BCUT2D eigenvalue weighted by Crippen LogP contribution is -2.14. The van der Waals surface area contributed by atoms with Crippen molar-refractivity contribution in [2.75, 3.05) is 12.8 Å².